The highest BCUT2D eigenvalue weighted by molar-refractivity contribution is 6.21. The summed E-state index contributed by atoms with van der Waals surface area (Å²) in [5.74, 6) is 0. The van der Waals surface area contributed by atoms with E-state index in [4.69, 9.17) is 0 Å². The minimum atomic E-state index is 0.964. The van der Waals surface area contributed by atoms with Crippen molar-refractivity contribution >= 4 is 104 Å². The van der Waals surface area contributed by atoms with Crippen LogP contribution in [0.3, 0.4) is 0 Å². The van der Waals surface area contributed by atoms with Gasteiger partial charge in [0.15, 0.2) is 0 Å². The summed E-state index contributed by atoms with van der Waals surface area (Å²) in [5, 5.41) is 14.6. The van der Waals surface area contributed by atoms with Crippen molar-refractivity contribution in [3.05, 3.63) is 260 Å². The number of hydrogen-bond acceptors (Lipinski definition) is 2. The van der Waals surface area contributed by atoms with Crippen molar-refractivity contribution in [1.82, 2.24) is 0 Å². The summed E-state index contributed by atoms with van der Waals surface area (Å²) in [4.78, 5) is 4.98. The molecular formula is C66H46N2. The first kappa shape index (κ1) is 39.6. The van der Waals surface area contributed by atoms with Gasteiger partial charge in [0, 0.05) is 32.9 Å². The highest BCUT2D eigenvalue weighted by Gasteiger charge is 2.25. The molecule has 320 valence electrons. The summed E-state index contributed by atoms with van der Waals surface area (Å²) in [7, 11) is 0. The van der Waals surface area contributed by atoms with Crippen LogP contribution in [0.5, 0.6) is 0 Å². The van der Waals surface area contributed by atoms with Crippen LogP contribution < -0.4 is 9.80 Å². The van der Waals surface area contributed by atoms with Gasteiger partial charge in [-0.1, -0.05) is 206 Å². The summed E-state index contributed by atoms with van der Waals surface area (Å²) in [6.07, 6.45) is 8.87. The lowest BCUT2D eigenvalue weighted by Crippen LogP contribution is -2.12. The van der Waals surface area contributed by atoms with E-state index in [-0.39, 0.29) is 0 Å². The Morgan fingerprint density at radius 3 is 1.10 bits per heavy atom. The molecule has 0 heterocycles. The third kappa shape index (κ3) is 6.64. The lowest BCUT2D eigenvalue weighted by molar-refractivity contribution is 1.06. The van der Waals surface area contributed by atoms with Crippen LogP contribution >= 0.6 is 0 Å². The number of anilines is 6. The second-order valence-corrected chi connectivity index (χ2v) is 17.9. The fourth-order valence-corrected chi connectivity index (χ4v) is 11.0. The molecule has 0 saturated heterocycles. The highest BCUT2D eigenvalue weighted by Crippen LogP contribution is 2.50. The molecule has 0 fully saturated rings. The van der Waals surface area contributed by atoms with E-state index in [0.717, 1.165) is 47.0 Å². The first-order chi connectivity index (χ1) is 33.8. The Morgan fingerprint density at radius 1 is 0.294 bits per heavy atom. The molecule has 0 atom stereocenters. The van der Waals surface area contributed by atoms with Crippen molar-refractivity contribution in [2.75, 3.05) is 9.80 Å². The lowest BCUT2D eigenvalue weighted by Gasteiger charge is -2.30. The number of nitrogens with zero attached hydrogens (tertiary/aromatic N) is 2. The van der Waals surface area contributed by atoms with Crippen molar-refractivity contribution in [2.24, 2.45) is 0 Å². The van der Waals surface area contributed by atoms with E-state index in [1.165, 1.54) is 86.9 Å². The average molecular weight is 867 g/mol. The largest absolute Gasteiger partial charge is 0.309 e. The van der Waals surface area contributed by atoms with Gasteiger partial charge in [0.25, 0.3) is 0 Å². The minimum absolute atomic E-state index is 0.964. The first-order valence-electron chi connectivity index (χ1n) is 23.7. The van der Waals surface area contributed by atoms with Crippen molar-refractivity contribution in [3.8, 4) is 11.1 Å². The molecule has 0 unspecified atom stereocenters. The molecule has 0 amide bonds. The molecule has 0 N–H and O–H groups in total. The highest BCUT2D eigenvalue weighted by atomic mass is 15.2. The Hall–Kier alpha value is -8.72. The maximum atomic E-state index is 2.49. The Morgan fingerprint density at radius 2 is 0.676 bits per heavy atom. The minimum Gasteiger partial charge on any atom is -0.309 e. The molecule has 0 aliphatic heterocycles. The van der Waals surface area contributed by atoms with Gasteiger partial charge >= 0.3 is 0 Å². The number of fused-ring (bicyclic) bond motifs is 6. The Kier molecular flexibility index (Phi) is 9.68. The molecule has 0 bridgehead atoms. The van der Waals surface area contributed by atoms with Crippen LogP contribution in [0.4, 0.5) is 34.1 Å². The van der Waals surface area contributed by atoms with Gasteiger partial charge in [-0.15, -0.1) is 0 Å². The Balaban J connectivity index is 1.13. The molecule has 0 spiro atoms. The fraction of sp³-hybridized carbons (Fsp3) is 0.0303. The molecule has 1 aliphatic rings. The summed E-state index contributed by atoms with van der Waals surface area (Å²) in [6, 6.07) is 87.3. The van der Waals surface area contributed by atoms with Gasteiger partial charge in [-0.25, -0.2) is 0 Å². The second-order valence-electron chi connectivity index (χ2n) is 17.9. The SMILES string of the molecule is C1=CCCC(c2c3cc(N(c4cccc5ccccc45)c4cccc5ccccc45)ccc3c(-c3ccccc3)c3cc(N(c4cccc5ccccc45)c4cccc5ccccc45)ccc23)=C1. The molecule has 2 heteroatoms. The average Bonchev–Trinajstić information content (AvgIpc) is 3.41. The van der Waals surface area contributed by atoms with Crippen molar-refractivity contribution in [3.63, 3.8) is 0 Å². The number of benzene rings is 12. The van der Waals surface area contributed by atoms with E-state index >= 15 is 0 Å². The molecule has 12 aromatic carbocycles. The number of hydrogen-bond donors (Lipinski definition) is 0. The smallest absolute Gasteiger partial charge is 0.0540 e. The van der Waals surface area contributed by atoms with Gasteiger partial charge in [-0.2, -0.15) is 0 Å². The third-order valence-electron chi connectivity index (χ3n) is 14.0. The number of rotatable bonds is 8. The summed E-state index contributed by atoms with van der Waals surface area (Å²) < 4.78 is 0. The van der Waals surface area contributed by atoms with Gasteiger partial charge in [0.05, 0.1) is 22.7 Å². The third-order valence-corrected chi connectivity index (χ3v) is 14.0. The van der Waals surface area contributed by atoms with Gasteiger partial charge in [0.1, 0.15) is 0 Å². The zero-order chi connectivity index (χ0) is 45.0. The van der Waals surface area contributed by atoms with Crippen LogP contribution in [0.2, 0.25) is 0 Å². The zero-order valence-electron chi connectivity index (χ0n) is 37.6. The normalized spacial score (nSPS) is 12.6. The van der Waals surface area contributed by atoms with Gasteiger partial charge < -0.3 is 9.80 Å². The van der Waals surface area contributed by atoms with Crippen LogP contribution in [0, 0.1) is 0 Å². The fourth-order valence-electron chi connectivity index (χ4n) is 11.0. The van der Waals surface area contributed by atoms with Crippen LogP contribution in [-0.2, 0) is 0 Å². The predicted molar refractivity (Wildman–Crippen MR) is 293 cm³/mol. The summed E-state index contributed by atoms with van der Waals surface area (Å²) in [6.45, 7) is 0. The molecule has 1 aliphatic carbocycles. The summed E-state index contributed by atoms with van der Waals surface area (Å²) >= 11 is 0. The monoisotopic (exact) mass is 866 g/mol. The first-order valence-corrected chi connectivity index (χ1v) is 23.7. The molecule has 0 radical (unpaired) electrons. The maximum Gasteiger partial charge on any atom is 0.0540 e. The van der Waals surface area contributed by atoms with Crippen LogP contribution in [0.15, 0.2) is 255 Å². The van der Waals surface area contributed by atoms with Crippen molar-refractivity contribution < 1.29 is 0 Å². The van der Waals surface area contributed by atoms with Crippen molar-refractivity contribution in [2.45, 2.75) is 12.8 Å². The zero-order valence-corrected chi connectivity index (χ0v) is 37.6. The van der Waals surface area contributed by atoms with Gasteiger partial charge in [-0.3, -0.25) is 0 Å². The topological polar surface area (TPSA) is 6.48 Å². The molecule has 0 aromatic heterocycles. The van der Waals surface area contributed by atoms with E-state index in [1.54, 1.807) is 0 Å². The van der Waals surface area contributed by atoms with E-state index < -0.39 is 0 Å². The van der Waals surface area contributed by atoms with Crippen LogP contribution in [0.25, 0.3) is 81.3 Å². The Bertz CT molecular complexity index is 3810. The van der Waals surface area contributed by atoms with E-state index in [2.05, 4.69) is 265 Å². The van der Waals surface area contributed by atoms with Crippen LogP contribution in [0.1, 0.15) is 18.4 Å². The molecule has 12 aromatic rings. The van der Waals surface area contributed by atoms with E-state index in [0.29, 0.717) is 0 Å². The second kappa shape index (κ2) is 16.6. The van der Waals surface area contributed by atoms with Crippen molar-refractivity contribution in [1.29, 1.82) is 0 Å². The standard InChI is InChI=1S/C66H46N2/c1-3-23-49(24-4-1)65-57-41-39-52(68(63-37-17-29-47-21-9-13-33-55(47)63)64-38-18-30-48-22-10-14-34-56(48)64)44-60(57)66(50-25-5-2-6-26-50)58-42-40-51(43-59(58)65)67(61-35-15-27-45-19-7-11-31-53(45)61)62-36-16-28-46-20-8-12-32-54(46)62/h1-5,7-25,27-44H,6,26H2. The maximum absolute atomic E-state index is 2.49. The van der Waals surface area contributed by atoms with Gasteiger partial charge in [-0.05, 0) is 127 Å². The van der Waals surface area contributed by atoms with E-state index in [1.807, 2.05) is 0 Å². The van der Waals surface area contributed by atoms with Gasteiger partial charge in [0.2, 0.25) is 0 Å². The molecule has 13 rings (SSSR count). The summed E-state index contributed by atoms with van der Waals surface area (Å²) in [5.41, 5.74) is 11.9. The lowest BCUT2D eigenvalue weighted by atomic mass is 9.83. The van der Waals surface area contributed by atoms with E-state index in [9.17, 15) is 0 Å². The Labute approximate surface area is 396 Å². The molecule has 2 nitrogen and oxygen atoms in total. The molecule has 0 saturated carbocycles. The quantitative estimate of drug-likeness (QED) is 0.140. The van der Waals surface area contributed by atoms with Crippen LogP contribution in [-0.4, -0.2) is 0 Å². The predicted octanol–water partition coefficient (Wildman–Crippen LogP) is 18.9. The number of allylic oxidation sites excluding steroid dienone is 4. The molecular weight excluding hydrogens is 821 g/mol. The molecule has 68 heavy (non-hydrogen) atoms.